The van der Waals surface area contributed by atoms with Crippen molar-refractivity contribution in [2.75, 3.05) is 6.54 Å². The van der Waals surface area contributed by atoms with E-state index in [1.165, 1.54) is 30.0 Å². The lowest BCUT2D eigenvalue weighted by atomic mass is 10.2. The number of likely N-dealkylation sites (N-methyl/N-ethyl adjacent to an activating group) is 1. The van der Waals surface area contributed by atoms with E-state index in [0.717, 1.165) is 12.7 Å². The number of aliphatic imine (C=N–C) groups is 1. The van der Waals surface area contributed by atoms with Crippen molar-refractivity contribution in [3.63, 3.8) is 0 Å². The summed E-state index contributed by atoms with van der Waals surface area (Å²) >= 11 is 5.64. The highest BCUT2D eigenvalue weighted by atomic mass is 127. The van der Waals surface area contributed by atoms with Gasteiger partial charge in [0.15, 0.2) is 5.17 Å². The van der Waals surface area contributed by atoms with E-state index in [1.54, 1.807) is 35.2 Å². The molecule has 0 aromatic heterocycles. The number of hydrogen-bond acceptors (Lipinski definition) is 4. The van der Waals surface area contributed by atoms with Crippen LogP contribution in [0.25, 0.3) is 6.08 Å². The van der Waals surface area contributed by atoms with Gasteiger partial charge in [-0.25, -0.2) is 13.8 Å². The first-order chi connectivity index (χ1) is 16.4. The van der Waals surface area contributed by atoms with Gasteiger partial charge < -0.3 is 4.74 Å². The fourth-order valence-electron chi connectivity index (χ4n) is 3.21. The minimum Gasteiger partial charge on any atom is -0.487 e. The van der Waals surface area contributed by atoms with Gasteiger partial charge in [0.1, 0.15) is 24.0 Å². The zero-order valence-corrected chi connectivity index (χ0v) is 23.0. The third-order valence-electron chi connectivity index (χ3n) is 4.90. The summed E-state index contributed by atoms with van der Waals surface area (Å²) in [4.78, 5) is 19.6. The minimum atomic E-state index is -0.336. The molecule has 1 heterocycles. The Morgan fingerprint density at radius 3 is 2.38 bits per heavy atom. The Kier molecular flexibility index (Phi) is 8.25. The number of carbonyl (C=O) groups excluding carboxylic acids is 1. The molecule has 9 heteroatoms. The van der Waals surface area contributed by atoms with Crippen molar-refractivity contribution in [1.29, 1.82) is 0 Å². The van der Waals surface area contributed by atoms with Gasteiger partial charge in [-0.15, -0.1) is 0 Å². The van der Waals surface area contributed by atoms with E-state index in [2.05, 4.69) is 50.2 Å². The molecule has 0 unspecified atom stereocenters. The maximum absolute atomic E-state index is 13.9. The molecule has 0 saturated carbocycles. The van der Waals surface area contributed by atoms with E-state index in [0.29, 0.717) is 33.6 Å². The molecule has 0 atom stereocenters. The number of amidine groups is 1. The molecule has 1 saturated heterocycles. The molecule has 1 amide bonds. The van der Waals surface area contributed by atoms with Crippen LogP contribution in [0, 0.1) is 18.8 Å². The van der Waals surface area contributed by atoms with E-state index in [-0.39, 0.29) is 24.1 Å². The van der Waals surface area contributed by atoms with Crippen LogP contribution in [-0.4, -0.2) is 22.5 Å². The second kappa shape index (κ2) is 11.2. The first-order valence-electron chi connectivity index (χ1n) is 10.3. The lowest BCUT2D eigenvalue weighted by molar-refractivity contribution is -0.122. The van der Waals surface area contributed by atoms with Crippen molar-refractivity contribution >= 4 is 79.8 Å². The third-order valence-corrected chi connectivity index (χ3v) is 7.51. The number of rotatable bonds is 6. The van der Waals surface area contributed by atoms with Crippen LogP contribution in [0.4, 0.5) is 14.5 Å². The molecule has 1 aliphatic heterocycles. The van der Waals surface area contributed by atoms with Gasteiger partial charge in [0.05, 0.1) is 17.7 Å². The fourth-order valence-corrected chi connectivity index (χ4v) is 6.40. The van der Waals surface area contributed by atoms with Crippen molar-refractivity contribution in [3.8, 4) is 5.75 Å². The predicted molar refractivity (Wildman–Crippen MR) is 149 cm³/mol. The SMILES string of the molecule is CCN1C(=O)/C(=C\c2cc(I)c(OCc3ccccc3F)c(I)c2)SC1=Nc1ccc(F)cc1. The summed E-state index contributed by atoms with van der Waals surface area (Å²) in [5, 5.41) is 0.555. The van der Waals surface area contributed by atoms with Crippen molar-refractivity contribution in [3.05, 3.63) is 95.5 Å². The Labute approximate surface area is 227 Å². The van der Waals surface area contributed by atoms with Crippen LogP contribution in [-0.2, 0) is 11.4 Å². The summed E-state index contributed by atoms with van der Waals surface area (Å²) in [6, 6.07) is 16.2. The molecule has 0 spiro atoms. The highest BCUT2D eigenvalue weighted by Gasteiger charge is 2.32. The van der Waals surface area contributed by atoms with Crippen LogP contribution in [0.2, 0.25) is 0 Å². The van der Waals surface area contributed by atoms with Crippen LogP contribution >= 0.6 is 56.9 Å². The molecule has 1 aliphatic rings. The summed E-state index contributed by atoms with van der Waals surface area (Å²) in [6.45, 7) is 2.48. The summed E-state index contributed by atoms with van der Waals surface area (Å²) in [5.41, 5.74) is 1.92. The maximum Gasteiger partial charge on any atom is 0.266 e. The summed E-state index contributed by atoms with van der Waals surface area (Å²) in [5.74, 6) is -0.0919. The molecule has 0 aliphatic carbocycles. The maximum atomic E-state index is 13.9. The molecule has 0 N–H and O–H groups in total. The van der Waals surface area contributed by atoms with Crippen LogP contribution < -0.4 is 4.74 Å². The first-order valence-corrected chi connectivity index (χ1v) is 13.2. The molecule has 0 bridgehead atoms. The first kappa shape index (κ1) is 25.1. The number of ether oxygens (including phenoxy) is 1. The van der Waals surface area contributed by atoms with E-state index in [9.17, 15) is 13.6 Å². The van der Waals surface area contributed by atoms with Gasteiger partial charge in [0.25, 0.3) is 5.91 Å². The Hall–Kier alpha value is -1.99. The number of hydrogen-bond donors (Lipinski definition) is 0. The largest absolute Gasteiger partial charge is 0.487 e. The Morgan fingerprint density at radius 2 is 1.74 bits per heavy atom. The minimum absolute atomic E-state index is 0.127. The van der Waals surface area contributed by atoms with Gasteiger partial charge in [0, 0.05) is 12.1 Å². The number of thioether (sulfide) groups is 1. The summed E-state index contributed by atoms with van der Waals surface area (Å²) in [6.07, 6.45) is 1.83. The molecule has 34 heavy (non-hydrogen) atoms. The molecule has 0 radical (unpaired) electrons. The van der Waals surface area contributed by atoms with Crippen LogP contribution in [0.1, 0.15) is 18.1 Å². The van der Waals surface area contributed by atoms with Gasteiger partial charge in [-0.3, -0.25) is 9.69 Å². The molecule has 3 aromatic rings. The van der Waals surface area contributed by atoms with Gasteiger partial charge in [-0.05, 0) is 118 Å². The van der Waals surface area contributed by atoms with Crippen LogP contribution in [0.5, 0.6) is 5.75 Å². The average Bonchev–Trinajstić information content (AvgIpc) is 3.09. The lowest BCUT2D eigenvalue weighted by Gasteiger charge is -2.12. The molecular weight excluding hydrogens is 684 g/mol. The molecule has 1 fully saturated rings. The Balaban J connectivity index is 1.56. The van der Waals surface area contributed by atoms with Crippen molar-refractivity contribution in [2.45, 2.75) is 13.5 Å². The van der Waals surface area contributed by atoms with Gasteiger partial charge in [0.2, 0.25) is 0 Å². The van der Waals surface area contributed by atoms with Crippen molar-refractivity contribution in [2.24, 2.45) is 4.99 Å². The number of benzene rings is 3. The van der Waals surface area contributed by atoms with Crippen molar-refractivity contribution in [1.82, 2.24) is 4.90 Å². The van der Waals surface area contributed by atoms with Crippen molar-refractivity contribution < 1.29 is 18.3 Å². The molecule has 174 valence electrons. The molecule has 4 nitrogen and oxygen atoms in total. The normalized spacial score (nSPS) is 16.0. The summed E-state index contributed by atoms with van der Waals surface area (Å²) < 4.78 is 34.7. The quantitative estimate of drug-likeness (QED) is 0.199. The number of halogens is 4. The third kappa shape index (κ3) is 5.80. The van der Waals surface area contributed by atoms with Gasteiger partial charge >= 0.3 is 0 Å². The fraction of sp³-hybridized carbons (Fsp3) is 0.120. The highest BCUT2D eigenvalue weighted by molar-refractivity contribution is 14.1. The second-order valence-electron chi connectivity index (χ2n) is 7.22. The van der Waals surface area contributed by atoms with Gasteiger partial charge in [-0.1, -0.05) is 18.2 Å². The Bertz CT molecular complexity index is 1270. The zero-order valence-electron chi connectivity index (χ0n) is 17.9. The topological polar surface area (TPSA) is 41.9 Å². The number of nitrogens with zero attached hydrogens (tertiary/aromatic N) is 2. The van der Waals surface area contributed by atoms with Crippen LogP contribution in [0.15, 0.2) is 70.6 Å². The highest BCUT2D eigenvalue weighted by Crippen LogP contribution is 2.36. The summed E-state index contributed by atoms with van der Waals surface area (Å²) in [7, 11) is 0. The van der Waals surface area contributed by atoms with Gasteiger partial charge in [-0.2, -0.15) is 0 Å². The smallest absolute Gasteiger partial charge is 0.266 e. The number of carbonyl (C=O) groups is 1. The second-order valence-corrected chi connectivity index (χ2v) is 10.6. The zero-order chi connectivity index (χ0) is 24.2. The lowest BCUT2D eigenvalue weighted by Crippen LogP contribution is -2.28. The monoisotopic (exact) mass is 702 g/mol. The van der Waals surface area contributed by atoms with E-state index < -0.39 is 0 Å². The predicted octanol–water partition coefficient (Wildman–Crippen LogP) is 7.38. The molecule has 3 aromatic carbocycles. The standard InChI is InChI=1S/C25H18F2I2N2O2S/c1-2-31-24(32)22(34-25(31)30-18-9-7-17(26)8-10-18)13-15-11-20(28)23(21(29)12-15)33-14-16-5-3-4-6-19(16)27/h3-13H,2,14H2,1H3/b22-13+,30-25?. The van der Waals surface area contributed by atoms with E-state index in [1.807, 2.05) is 25.1 Å². The molecular formula is C25H18F2I2N2O2S. The molecule has 4 rings (SSSR count). The van der Waals surface area contributed by atoms with E-state index >= 15 is 0 Å². The van der Waals surface area contributed by atoms with E-state index in [4.69, 9.17) is 4.74 Å². The van der Waals surface area contributed by atoms with Crippen LogP contribution in [0.3, 0.4) is 0 Å². The Morgan fingerprint density at radius 1 is 1.06 bits per heavy atom. The number of amides is 1. The average molecular weight is 702 g/mol.